The first kappa shape index (κ1) is 27.5. The van der Waals surface area contributed by atoms with Gasteiger partial charge in [0.05, 0.1) is 5.41 Å². The Kier molecular flexibility index (Phi) is 7.64. The SMILES string of the molecule is CN(c1ccc(-c2ccccc2C(=O)N2CCC[C@H]2C(N)=O)cc1)C1CCN(CC2(C(F)(F)F)CCC2)CC1. The number of rotatable bonds is 7. The lowest BCUT2D eigenvalue weighted by atomic mass is 9.67. The fraction of sp³-hybridized carbons (Fsp3) is 0.533. The number of hydrogen-bond donors (Lipinski definition) is 1. The summed E-state index contributed by atoms with van der Waals surface area (Å²) in [6, 6.07) is 15.1. The number of nitrogens with zero attached hydrogens (tertiary/aromatic N) is 3. The second-order valence-electron chi connectivity index (χ2n) is 11.4. The first-order chi connectivity index (χ1) is 18.6. The van der Waals surface area contributed by atoms with Crippen molar-refractivity contribution in [3.8, 4) is 11.1 Å². The van der Waals surface area contributed by atoms with Crippen LogP contribution in [0, 0.1) is 5.41 Å². The molecule has 2 amide bonds. The second-order valence-corrected chi connectivity index (χ2v) is 11.4. The Bertz CT molecular complexity index is 1190. The highest BCUT2D eigenvalue weighted by Gasteiger charge is 2.58. The van der Waals surface area contributed by atoms with Crippen molar-refractivity contribution in [1.29, 1.82) is 0 Å². The number of anilines is 1. The van der Waals surface area contributed by atoms with Crippen molar-refractivity contribution in [1.82, 2.24) is 9.80 Å². The summed E-state index contributed by atoms with van der Waals surface area (Å²) in [5.41, 5.74) is 7.30. The molecule has 9 heteroatoms. The van der Waals surface area contributed by atoms with E-state index in [0.717, 1.165) is 36.1 Å². The fourth-order valence-corrected chi connectivity index (χ4v) is 6.50. The number of likely N-dealkylation sites (tertiary alicyclic amines) is 2. The van der Waals surface area contributed by atoms with Crippen LogP contribution in [0.25, 0.3) is 11.1 Å². The summed E-state index contributed by atoms with van der Waals surface area (Å²) >= 11 is 0. The highest BCUT2D eigenvalue weighted by atomic mass is 19.4. The molecule has 39 heavy (non-hydrogen) atoms. The Morgan fingerprint density at radius 3 is 2.23 bits per heavy atom. The maximum atomic E-state index is 13.6. The minimum atomic E-state index is -4.12. The number of piperidine rings is 1. The second kappa shape index (κ2) is 10.8. The lowest BCUT2D eigenvalue weighted by molar-refractivity contribution is -0.256. The lowest BCUT2D eigenvalue weighted by Crippen LogP contribution is -2.54. The highest BCUT2D eigenvalue weighted by Crippen LogP contribution is 2.53. The molecule has 2 aromatic rings. The minimum absolute atomic E-state index is 0.122. The lowest BCUT2D eigenvalue weighted by Gasteiger charge is -2.48. The Hall–Kier alpha value is -3.07. The molecular formula is C30H37F3N4O2. The molecule has 2 aromatic carbocycles. The maximum absolute atomic E-state index is 13.6. The van der Waals surface area contributed by atoms with Crippen molar-refractivity contribution in [2.45, 2.75) is 63.2 Å². The van der Waals surface area contributed by atoms with Crippen LogP contribution in [-0.4, -0.2) is 73.1 Å². The van der Waals surface area contributed by atoms with E-state index < -0.39 is 23.5 Å². The van der Waals surface area contributed by atoms with Gasteiger partial charge in [-0.25, -0.2) is 0 Å². The number of hydrogen-bond acceptors (Lipinski definition) is 4. The van der Waals surface area contributed by atoms with Gasteiger partial charge in [0.2, 0.25) is 5.91 Å². The van der Waals surface area contributed by atoms with E-state index in [4.69, 9.17) is 5.73 Å². The zero-order valence-electron chi connectivity index (χ0n) is 22.4. The number of carbonyl (C=O) groups excluding carboxylic acids is 2. The van der Waals surface area contributed by atoms with Crippen molar-refractivity contribution in [2.75, 3.05) is 38.1 Å². The van der Waals surface area contributed by atoms with Gasteiger partial charge in [-0.05, 0) is 67.9 Å². The van der Waals surface area contributed by atoms with E-state index in [9.17, 15) is 22.8 Å². The molecule has 210 valence electrons. The van der Waals surface area contributed by atoms with Gasteiger partial charge in [0.1, 0.15) is 6.04 Å². The van der Waals surface area contributed by atoms with Crippen molar-refractivity contribution in [3.05, 3.63) is 54.1 Å². The summed E-state index contributed by atoms with van der Waals surface area (Å²) in [6.45, 7) is 1.98. The zero-order valence-corrected chi connectivity index (χ0v) is 22.4. The number of carbonyl (C=O) groups is 2. The summed E-state index contributed by atoms with van der Waals surface area (Å²) in [7, 11) is 2.04. The molecule has 3 aliphatic rings. The van der Waals surface area contributed by atoms with Crippen molar-refractivity contribution < 1.29 is 22.8 Å². The summed E-state index contributed by atoms with van der Waals surface area (Å²) < 4.78 is 40.8. The molecule has 1 saturated carbocycles. The van der Waals surface area contributed by atoms with E-state index in [0.29, 0.717) is 38.0 Å². The highest BCUT2D eigenvalue weighted by molar-refractivity contribution is 6.03. The number of benzene rings is 2. The van der Waals surface area contributed by atoms with Gasteiger partial charge in [0.25, 0.3) is 5.91 Å². The molecule has 3 fully saturated rings. The third-order valence-electron chi connectivity index (χ3n) is 9.13. The molecule has 0 unspecified atom stereocenters. The van der Waals surface area contributed by atoms with Crippen LogP contribution in [0.1, 0.15) is 55.3 Å². The molecule has 1 aliphatic carbocycles. The van der Waals surface area contributed by atoms with Crippen molar-refractivity contribution in [2.24, 2.45) is 11.1 Å². The van der Waals surface area contributed by atoms with Gasteiger partial charge in [0.15, 0.2) is 0 Å². The molecule has 0 bridgehead atoms. The van der Waals surface area contributed by atoms with E-state index in [1.54, 1.807) is 11.0 Å². The summed E-state index contributed by atoms with van der Waals surface area (Å²) in [6.07, 6.45) is 0.0293. The molecule has 0 aromatic heterocycles. The molecule has 0 radical (unpaired) electrons. The van der Waals surface area contributed by atoms with Crippen LogP contribution in [0.15, 0.2) is 48.5 Å². The number of amides is 2. The van der Waals surface area contributed by atoms with Crippen LogP contribution < -0.4 is 10.6 Å². The zero-order chi connectivity index (χ0) is 27.8. The molecule has 5 rings (SSSR count). The van der Waals surface area contributed by atoms with Gasteiger partial charge < -0.3 is 20.4 Å². The van der Waals surface area contributed by atoms with E-state index in [1.807, 2.05) is 54.4 Å². The van der Waals surface area contributed by atoms with E-state index in [2.05, 4.69) is 4.90 Å². The first-order valence-corrected chi connectivity index (χ1v) is 13.9. The Labute approximate surface area is 227 Å². The van der Waals surface area contributed by atoms with Crippen molar-refractivity contribution in [3.63, 3.8) is 0 Å². The topological polar surface area (TPSA) is 69.9 Å². The van der Waals surface area contributed by atoms with Crippen LogP contribution in [0.3, 0.4) is 0 Å². The molecule has 1 atom stereocenters. The van der Waals surface area contributed by atoms with Crippen LogP contribution in [-0.2, 0) is 4.79 Å². The van der Waals surface area contributed by atoms with Gasteiger partial charge in [-0.3, -0.25) is 9.59 Å². The minimum Gasteiger partial charge on any atom is -0.372 e. The average Bonchev–Trinajstić information content (AvgIpc) is 3.40. The fourth-order valence-electron chi connectivity index (χ4n) is 6.50. The normalized spacial score (nSPS) is 21.9. The standard InChI is InChI=1S/C30H37F3N4O2/c1-35(23-13-18-36(19-14-23)20-29(15-5-16-29)30(31,32)33)22-11-9-21(10-12-22)24-6-2-3-7-25(24)28(39)37-17-4-8-26(37)27(34)38/h2-3,6-7,9-12,23,26H,4-5,8,13-20H2,1H3,(H2,34,38)/t26-/m0/s1. The molecule has 2 heterocycles. The molecule has 2 N–H and O–H groups in total. The predicted octanol–water partition coefficient (Wildman–Crippen LogP) is 5.08. The maximum Gasteiger partial charge on any atom is 0.395 e. The first-order valence-electron chi connectivity index (χ1n) is 13.9. The number of alkyl halides is 3. The Morgan fingerprint density at radius 1 is 0.974 bits per heavy atom. The van der Waals surface area contributed by atoms with Crippen LogP contribution in [0.4, 0.5) is 18.9 Å². The molecule has 6 nitrogen and oxygen atoms in total. The van der Waals surface area contributed by atoms with Gasteiger partial charge >= 0.3 is 6.18 Å². The third kappa shape index (κ3) is 5.38. The monoisotopic (exact) mass is 542 g/mol. The Balaban J connectivity index is 1.24. The van der Waals surface area contributed by atoms with Crippen molar-refractivity contribution >= 4 is 17.5 Å². The quantitative estimate of drug-likeness (QED) is 0.530. The molecule has 2 aliphatic heterocycles. The number of nitrogens with two attached hydrogens (primary N) is 1. The predicted molar refractivity (Wildman–Crippen MR) is 145 cm³/mol. The van der Waals surface area contributed by atoms with Crippen LogP contribution in [0.2, 0.25) is 0 Å². The van der Waals surface area contributed by atoms with E-state index in [1.165, 1.54) is 0 Å². The largest absolute Gasteiger partial charge is 0.395 e. The van der Waals surface area contributed by atoms with E-state index >= 15 is 0 Å². The summed E-state index contributed by atoms with van der Waals surface area (Å²) in [5, 5.41) is 0. The van der Waals surface area contributed by atoms with Gasteiger partial charge in [-0.1, -0.05) is 36.8 Å². The summed E-state index contributed by atoms with van der Waals surface area (Å²) in [4.78, 5) is 31.0. The smallest absolute Gasteiger partial charge is 0.372 e. The average molecular weight is 543 g/mol. The molecule has 2 saturated heterocycles. The Morgan fingerprint density at radius 2 is 1.64 bits per heavy atom. The van der Waals surface area contributed by atoms with Gasteiger partial charge in [-0.2, -0.15) is 13.2 Å². The molecular weight excluding hydrogens is 505 g/mol. The molecule has 0 spiro atoms. The third-order valence-corrected chi connectivity index (χ3v) is 9.13. The van der Waals surface area contributed by atoms with Gasteiger partial charge in [-0.15, -0.1) is 0 Å². The number of halogens is 3. The number of primary amides is 1. The summed E-state index contributed by atoms with van der Waals surface area (Å²) in [5.74, 6) is -0.659. The van der Waals surface area contributed by atoms with E-state index in [-0.39, 0.29) is 31.3 Å². The van der Waals surface area contributed by atoms with Gasteiger partial charge in [0, 0.05) is 50.5 Å². The van der Waals surface area contributed by atoms with Crippen LogP contribution >= 0.6 is 0 Å². The van der Waals surface area contributed by atoms with Crippen LogP contribution in [0.5, 0.6) is 0 Å².